The minimum Gasteiger partial charge on any atom is -0.506 e. The Hall–Kier alpha value is -3.52. The van der Waals surface area contributed by atoms with E-state index in [1.807, 2.05) is 49.4 Å². The molecular formula is C24H24N2O5S. The van der Waals surface area contributed by atoms with E-state index in [9.17, 15) is 18.3 Å². The number of hydrogen-bond acceptors (Lipinski definition) is 5. The molecule has 1 amide bonds. The van der Waals surface area contributed by atoms with Gasteiger partial charge in [-0.15, -0.1) is 0 Å². The SMILES string of the molecule is CCOc1cccc(-c2ccc3c(c2)CCN(c2ccc(O)c(NS(C)(=O)=O)c2)C3=O)c1. The Balaban J connectivity index is 1.62. The van der Waals surface area contributed by atoms with Crippen LogP contribution in [0.3, 0.4) is 0 Å². The van der Waals surface area contributed by atoms with E-state index in [4.69, 9.17) is 4.74 Å². The van der Waals surface area contributed by atoms with Crippen molar-refractivity contribution in [3.05, 3.63) is 71.8 Å². The minimum absolute atomic E-state index is 0.0353. The van der Waals surface area contributed by atoms with Gasteiger partial charge in [0.1, 0.15) is 11.5 Å². The number of nitrogens with zero attached hydrogens (tertiary/aromatic N) is 1. The highest BCUT2D eigenvalue weighted by atomic mass is 32.2. The third kappa shape index (κ3) is 4.55. The highest BCUT2D eigenvalue weighted by Crippen LogP contribution is 2.33. The molecule has 0 aliphatic carbocycles. The van der Waals surface area contributed by atoms with Gasteiger partial charge >= 0.3 is 0 Å². The molecule has 1 aliphatic heterocycles. The van der Waals surface area contributed by atoms with Crippen LogP contribution in [-0.2, 0) is 16.4 Å². The average Bonchev–Trinajstić information content (AvgIpc) is 2.75. The topological polar surface area (TPSA) is 95.9 Å². The maximum atomic E-state index is 13.2. The smallest absolute Gasteiger partial charge is 0.258 e. The number of rotatable bonds is 6. The second kappa shape index (κ2) is 8.55. The fraction of sp³-hybridized carbons (Fsp3) is 0.208. The Morgan fingerprint density at radius 3 is 2.59 bits per heavy atom. The van der Waals surface area contributed by atoms with Crippen molar-refractivity contribution < 1.29 is 23.1 Å². The molecule has 3 aromatic carbocycles. The van der Waals surface area contributed by atoms with E-state index in [2.05, 4.69) is 4.72 Å². The van der Waals surface area contributed by atoms with Gasteiger partial charge in [0.2, 0.25) is 10.0 Å². The molecular weight excluding hydrogens is 428 g/mol. The third-order valence-corrected chi connectivity index (χ3v) is 5.84. The lowest BCUT2D eigenvalue weighted by atomic mass is 9.93. The highest BCUT2D eigenvalue weighted by Gasteiger charge is 2.26. The number of phenolic OH excluding ortho intramolecular Hbond substituents is 1. The molecule has 0 unspecified atom stereocenters. The molecule has 0 aromatic heterocycles. The summed E-state index contributed by atoms with van der Waals surface area (Å²) in [6.45, 7) is 2.98. The molecule has 1 heterocycles. The monoisotopic (exact) mass is 452 g/mol. The number of benzene rings is 3. The van der Waals surface area contributed by atoms with E-state index in [-0.39, 0.29) is 17.3 Å². The number of fused-ring (bicyclic) bond motifs is 1. The van der Waals surface area contributed by atoms with E-state index in [1.165, 1.54) is 12.1 Å². The van der Waals surface area contributed by atoms with Crippen molar-refractivity contribution in [1.29, 1.82) is 0 Å². The molecule has 1 aliphatic rings. The zero-order valence-electron chi connectivity index (χ0n) is 17.8. The predicted octanol–water partition coefficient (Wildman–Crippen LogP) is 4.03. The molecule has 0 saturated carbocycles. The molecule has 8 heteroatoms. The van der Waals surface area contributed by atoms with Crippen LogP contribution < -0.4 is 14.4 Å². The minimum atomic E-state index is -3.57. The second-order valence-electron chi connectivity index (χ2n) is 7.62. The number of carbonyl (C=O) groups is 1. The first kappa shape index (κ1) is 21.7. The van der Waals surface area contributed by atoms with Crippen molar-refractivity contribution in [2.75, 3.05) is 29.0 Å². The Morgan fingerprint density at radius 1 is 1.06 bits per heavy atom. The number of carbonyl (C=O) groups excluding carboxylic acids is 1. The fourth-order valence-corrected chi connectivity index (χ4v) is 4.38. The van der Waals surface area contributed by atoms with Crippen molar-refractivity contribution in [3.8, 4) is 22.6 Å². The van der Waals surface area contributed by atoms with Crippen LogP contribution in [-0.4, -0.2) is 38.8 Å². The molecule has 0 fully saturated rings. The summed E-state index contributed by atoms with van der Waals surface area (Å²) in [6, 6.07) is 18.1. The van der Waals surface area contributed by atoms with Crippen LogP contribution in [0.4, 0.5) is 11.4 Å². The fourth-order valence-electron chi connectivity index (χ4n) is 3.82. The predicted molar refractivity (Wildman–Crippen MR) is 125 cm³/mol. The lowest BCUT2D eigenvalue weighted by Crippen LogP contribution is -2.37. The Morgan fingerprint density at radius 2 is 1.84 bits per heavy atom. The number of anilines is 2. The van der Waals surface area contributed by atoms with Gasteiger partial charge in [0.25, 0.3) is 5.91 Å². The Labute approximate surface area is 187 Å². The summed E-state index contributed by atoms with van der Waals surface area (Å²) >= 11 is 0. The maximum absolute atomic E-state index is 13.2. The summed E-state index contributed by atoms with van der Waals surface area (Å²) in [5.74, 6) is 0.427. The van der Waals surface area contributed by atoms with Crippen molar-refractivity contribution in [3.63, 3.8) is 0 Å². The standard InChI is InChI=1S/C24H24N2O5S/c1-3-31-20-6-4-5-16(14-20)17-7-9-21-18(13-17)11-12-26(24(21)28)19-8-10-23(27)22(15-19)25-32(2,29)30/h4-10,13-15,25,27H,3,11-12H2,1-2H3. The van der Waals surface area contributed by atoms with Crippen LogP contribution in [0.1, 0.15) is 22.8 Å². The molecule has 0 spiro atoms. The molecule has 32 heavy (non-hydrogen) atoms. The van der Waals surface area contributed by atoms with Crippen LogP contribution in [0.15, 0.2) is 60.7 Å². The van der Waals surface area contributed by atoms with Crippen molar-refractivity contribution in [1.82, 2.24) is 0 Å². The van der Waals surface area contributed by atoms with E-state index in [0.717, 1.165) is 28.7 Å². The highest BCUT2D eigenvalue weighted by molar-refractivity contribution is 7.92. The van der Waals surface area contributed by atoms with Gasteiger partial charge in [0, 0.05) is 17.8 Å². The Bertz CT molecular complexity index is 1290. The summed E-state index contributed by atoms with van der Waals surface area (Å²) in [6.07, 6.45) is 1.65. The first-order valence-electron chi connectivity index (χ1n) is 10.2. The number of amides is 1. The molecule has 166 valence electrons. The number of aromatic hydroxyl groups is 1. The number of phenols is 1. The van der Waals surface area contributed by atoms with Gasteiger partial charge in [-0.2, -0.15) is 0 Å². The quantitative estimate of drug-likeness (QED) is 0.551. The third-order valence-electron chi connectivity index (χ3n) is 5.25. The van der Waals surface area contributed by atoms with Crippen molar-refractivity contribution >= 4 is 27.3 Å². The second-order valence-corrected chi connectivity index (χ2v) is 9.36. The molecule has 0 radical (unpaired) electrons. The van der Waals surface area contributed by atoms with Crippen LogP contribution in [0, 0.1) is 0 Å². The summed E-state index contributed by atoms with van der Waals surface area (Å²) in [5, 5.41) is 9.97. The van der Waals surface area contributed by atoms with Crippen LogP contribution >= 0.6 is 0 Å². The van der Waals surface area contributed by atoms with E-state index >= 15 is 0 Å². The van der Waals surface area contributed by atoms with Gasteiger partial charge in [-0.3, -0.25) is 9.52 Å². The molecule has 0 bridgehead atoms. The van der Waals surface area contributed by atoms with Crippen LogP contribution in [0.5, 0.6) is 11.5 Å². The van der Waals surface area contributed by atoms with Gasteiger partial charge in [-0.1, -0.05) is 24.3 Å². The van der Waals surface area contributed by atoms with Crippen molar-refractivity contribution in [2.45, 2.75) is 13.3 Å². The molecule has 0 saturated heterocycles. The molecule has 3 aromatic rings. The molecule has 7 nitrogen and oxygen atoms in total. The summed E-state index contributed by atoms with van der Waals surface area (Å²) in [7, 11) is -3.57. The van der Waals surface area contributed by atoms with Gasteiger partial charge in [-0.05, 0) is 66.4 Å². The summed E-state index contributed by atoms with van der Waals surface area (Å²) in [5.41, 5.74) is 4.14. The largest absolute Gasteiger partial charge is 0.506 e. The van der Waals surface area contributed by atoms with Gasteiger partial charge < -0.3 is 14.7 Å². The molecule has 0 atom stereocenters. The Kier molecular flexibility index (Phi) is 5.80. The van der Waals surface area contributed by atoms with Gasteiger partial charge in [0.15, 0.2) is 0 Å². The number of sulfonamides is 1. The number of nitrogens with one attached hydrogen (secondary N) is 1. The lowest BCUT2D eigenvalue weighted by Gasteiger charge is -2.29. The normalized spacial score (nSPS) is 13.6. The maximum Gasteiger partial charge on any atom is 0.258 e. The van der Waals surface area contributed by atoms with Gasteiger partial charge in [-0.25, -0.2) is 8.42 Å². The number of hydrogen-bond donors (Lipinski definition) is 2. The first-order chi connectivity index (χ1) is 15.2. The van der Waals surface area contributed by atoms with E-state index in [0.29, 0.717) is 30.8 Å². The van der Waals surface area contributed by atoms with E-state index in [1.54, 1.807) is 11.0 Å². The van der Waals surface area contributed by atoms with Crippen LogP contribution in [0.2, 0.25) is 0 Å². The first-order valence-corrected chi connectivity index (χ1v) is 12.1. The summed E-state index contributed by atoms with van der Waals surface area (Å²) in [4.78, 5) is 14.8. The summed E-state index contributed by atoms with van der Waals surface area (Å²) < 4.78 is 31.0. The zero-order chi connectivity index (χ0) is 22.9. The van der Waals surface area contributed by atoms with E-state index < -0.39 is 10.0 Å². The van der Waals surface area contributed by atoms with Crippen molar-refractivity contribution in [2.24, 2.45) is 0 Å². The van der Waals surface area contributed by atoms with Gasteiger partial charge in [0.05, 0.1) is 18.6 Å². The molecule has 4 rings (SSSR count). The lowest BCUT2D eigenvalue weighted by molar-refractivity contribution is 0.0980. The number of ether oxygens (including phenoxy) is 1. The molecule has 2 N–H and O–H groups in total. The average molecular weight is 453 g/mol. The zero-order valence-corrected chi connectivity index (χ0v) is 18.6. The van der Waals surface area contributed by atoms with Crippen LogP contribution in [0.25, 0.3) is 11.1 Å².